The number of carbonyl (C=O) groups excluding carboxylic acids is 1. The van der Waals surface area contributed by atoms with Gasteiger partial charge in [-0.15, -0.1) is 0 Å². The summed E-state index contributed by atoms with van der Waals surface area (Å²) in [6, 6.07) is -0.669. The smallest absolute Gasteiger partial charge is 0.312 e. The highest BCUT2D eigenvalue weighted by molar-refractivity contribution is 5.72. The van der Waals surface area contributed by atoms with E-state index in [9.17, 15) is 9.90 Å². The second-order valence-electron chi connectivity index (χ2n) is 2.97. The van der Waals surface area contributed by atoms with E-state index in [2.05, 4.69) is 5.32 Å². The van der Waals surface area contributed by atoms with Gasteiger partial charge in [0.05, 0.1) is 12.1 Å². The first-order valence-corrected chi connectivity index (χ1v) is 3.94. The molecule has 0 spiro atoms. The number of urea groups is 1. The van der Waals surface area contributed by atoms with Crippen LogP contribution in [-0.2, 0) is 0 Å². The number of nitrogens with one attached hydrogen (secondary N) is 1. The molecule has 1 aliphatic carbocycles. The van der Waals surface area contributed by atoms with Crippen molar-refractivity contribution in [3.63, 3.8) is 0 Å². The summed E-state index contributed by atoms with van der Waals surface area (Å²) in [5.74, 6) is 0. The highest BCUT2D eigenvalue weighted by Gasteiger charge is 2.23. The number of nitrogens with two attached hydrogens (primary N) is 1. The second-order valence-corrected chi connectivity index (χ2v) is 2.97. The number of primary amides is 1. The Morgan fingerprint density at radius 1 is 1.45 bits per heavy atom. The normalized spacial score (nSPS) is 31.4. The van der Waals surface area contributed by atoms with Crippen molar-refractivity contribution in [1.29, 1.82) is 0 Å². The summed E-state index contributed by atoms with van der Waals surface area (Å²) in [6.07, 6.45) is 3.30. The van der Waals surface area contributed by atoms with Crippen molar-refractivity contribution < 1.29 is 9.90 Å². The maximum absolute atomic E-state index is 10.4. The lowest BCUT2D eigenvalue weighted by Gasteiger charge is -2.27. The van der Waals surface area contributed by atoms with Gasteiger partial charge in [-0.2, -0.15) is 0 Å². The van der Waals surface area contributed by atoms with Crippen LogP contribution >= 0.6 is 0 Å². The van der Waals surface area contributed by atoms with Gasteiger partial charge in [0.15, 0.2) is 0 Å². The largest absolute Gasteiger partial charge is 0.391 e. The standard InChI is InChI=1S/C7H14N2O2/c8-7(11)9-5-3-1-2-4-6(5)10/h5-6,10H,1-4H2,(H3,8,9,11). The van der Waals surface area contributed by atoms with Crippen LogP contribution in [0.3, 0.4) is 0 Å². The molecule has 1 fully saturated rings. The molecular weight excluding hydrogens is 144 g/mol. The third-order valence-electron chi connectivity index (χ3n) is 2.06. The number of rotatable bonds is 1. The second kappa shape index (κ2) is 3.57. The van der Waals surface area contributed by atoms with E-state index >= 15 is 0 Å². The third-order valence-corrected chi connectivity index (χ3v) is 2.06. The minimum atomic E-state index is -0.545. The van der Waals surface area contributed by atoms with Crippen LogP contribution in [0.2, 0.25) is 0 Å². The average molecular weight is 158 g/mol. The molecule has 1 rings (SSSR count). The number of aliphatic hydroxyl groups excluding tert-OH is 1. The van der Waals surface area contributed by atoms with Crippen LogP contribution in [0.15, 0.2) is 0 Å². The Labute approximate surface area is 65.8 Å². The highest BCUT2D eigenvalue weighted by atomic mass is 16.3. The van der Waals surface area contributed by atoms with Crippen LogP contribution in [0.5, 0.6) is 0 Å². The van der Waals surface area contributed by atoms with Crippen LogP contribution in [0.4, 0.5) is 4.79 Å². The molecule has 0 radical (unpaired) electrons. The predicted molar refractivity (Wildman–Crippen MR) is 41.0 cm³/mol. The molecule has 2 atom stereocenters. The van der Waals surface area contributed by atoms with E-state index in [1.165, 1.54) is 0 Å². The van der Waals surface area contributed by atoms with Crippen molar-refractivity contribution in [3.05, 3.63) is 0 Å². The molecule has 0 saturated heterocycles. The Morgan fingerprint density at radius 3 is 2.64 bits per heavy atom. The van der Waals surface area contributed by atoms with E-state index in [0.29, 0.717) is 0 Å². The number of aliphatic hydroxyl groups is 1. The molecule has 1 saturated carbocycles. The number of amides is 2. The average Bonchev–Trinajstić information content (AvgIpc) is 1.93. The van der Waals surface area contributed by atoms with E-state index in [-0.39, 0.29) is 6.04 Å². The lowest BCUT2D eigenvalue weighted by Crippen LogP contribution is -2.47. The van der Waals surface area contributed by atoms with Gasteiger partial charge in [-0.3, -0.25) is 0 Å². The summed E-state index contributed by atoms with van der Waals surface area (Å²) < 4.78 is 0. The summed E-state index contributed by atoms with van der Waals surface area (Å²) in [4.78, 5) is 10.4. The highest BCUT2D eigenvalue weighted by Crippen LogP contribution is 2.17. The van der Waals surface area contributed by atoms with Crippen molar-refractivity contribution in [2.24, 2.45) is 5.73 Å². The Bertz CT molecular complexity index is 149. The monoisotopic (exact) mass is 158 g/mol. The Hall–Kier alpha value is -0.770. The van der Waals surface area contributed by atoms with Crippen molar-refractivity contribution in [1.82, 2.24) is 5.32 Å². The number of carbonyl (C=O) groups is 1. The summed E-state index contributed by atoms with van der Waals surface area (Å²) in [5, 5.41) is 11.9. The summed E-state index contributed by atoms with van der Waals surface area (Å²) in [5.41, 5.74) is 4.92. The zero-order chi connectivity index (χ0) is 8.27. The molecule has 0 heterocycles. The van der Waals surface area contributed by atoms with E-state index in [0.717, 1.165) is 25.7 Å². The maximum atomic E-state index is 10.4. The molecular formula is C7H14N2O2. The molecule has 4 N–H and O–H groups in total. The molecule has 0 aliphatic heterocycles. The molecule has 4 nitrogen and oxygen atoms in total. The molecule has 11 heavy (non-hydrogen) atoms. The van der Waals surface area contributed by atoms with Gasteiger partial charge in [0.2, 0.25) is 0 Å². The number of hydrogen-bond donors (Lipinski definition) is 3. The fraction of sp³-hybridized carbons (Fsp3) is 0.857. The fourth-order valence-electron chi connectivity index (χ4n) is 1.46. The lowest BCUT2D eigenvalue weighted by atomic mass is 9.93. The van der Waals surface area contributed by atoms with E-state index in [4.69, 9.17) is 5.73 Å². The van der Waals surface area contributed by atoms with Crippen molar-refractivity contribution in [2.45, 2.75) is 37.8 Å². The Kier molecular flexibility index (Phi) is 2.70. The van der Waals surface area contributed by atoms with Crippen molar-refractivity contribution in [3.8, 4) is 0 Å². The zero-order valence-corrected chi connectivity index (χ0v) is 6.42. The summed E-state index contributed by atoms with van der Waals surface area (Å²) in [7, 11) is 0. The molecule has 4 heteroatoms. The molecule has 0 aromatic heterocycles. The van der Waals surface area contributed by atoms with Crippen LogP contribution in [0.1, 0.15) is 25.7 Å². The van der Waals surface area contributed by atoms with E-state index in [1.54, 1.807) is 0 Å². The number of hydrogen-bond acceptors (Lipinski definition) is 2. The van der Waals surface area contributed by atoms with Crippen LogP contribution in [-0.4, -0.2) is 23.3 Å². The van der Waals surface area contributed by atoms with Gasteiger partial charge in [0.1, 0.15) is 0 Å². The van der Waals surface area contributed by atoms with Crippen LogP contribution in [0, 0.1) is 0 Å². The molecule has 2 amide bonds. The summed E-state index contributed by atoms with van der Waals surface area (Å²) in [6.45, 7) is 0. The molecule has 64 valence electrons. The van der Waals surface area contributed by atoms with Crippen LogP contribution in [0.25, 0.3) is 0 Å². The molecule has 2 unspecified atom stereocenters. The zero-order valence-electron chi connectivity index (χ0n) is 6.42. The van der Waals surface area contributed by atoms with Gasteiger partial charge in [0, 0.05) is 0 Å². The van der Waals surface area contributed by atoms with Gasteiger partial charge in [0.25, 0.3) is 0 Å². The fourth-order valence-corrected chi connectivity index (χ4v) is 1.46. The van der Waals surface area contributed by atoms with E-state index < -0.39 is 12.1 Å². The predicted octanol–water partition coefficient (Wildman–Crippen LogP) is -0.0418. The topological polar surface area (TPSA) is 75.4 Å². The Balaban J connectivity index is 2.35. The third kappa shape index (κ3) is 2.38. The quantitative estimate of drug-likeness (QED) is 0.500. The Morgan fingerprint density at radius 2 is 2.09 bits per heavy atom. The van der Waals surface area contributed by atoms with Gasteiger partial charge >= 0.3 is 6.03 Å². The van der Waals surface area contributed by atoms with Crippen LogP contribution < -0.4 is 11.1 Å². The lowest BCUT2D eigenvalue weighted by molar-refractivity contribution is 0.0952. The first-order valence-electron chi connectivity index (χ1n) is 3.94. The minimum Gasteiger partial charge on any atom is -0.391 e. The van der Waals surface area contributed by atoms with Gasteiger partial charge < -0.3 is 16.2 Å². The molecule has 0 bridgehead atoms. The molecule has 1 aliphatic rings. The van der Waals surface area contributed by atoms with E-state index in [1.807, 2.05) is 0 Å². The van der Waals surface area contributed by atoms with Crippen molar-refractivity contribution in [2.75, 3.05) is 0 Å². The SMILES string of the molecule is NC(=O)NC1CCCCC1O. The minimum absolute atomic E-state index is 0.124. The van der Waals surface area contributed by atoms with Gasteiger partial charge in [-0.1, -0.05) is 12.8 Å². The van der Waals surface area contributed by atoms with Gasteiger partial charge in [-0.05, 0) is 12.8 Å². The van der Waals surface area contributed by atoms with Crippen molar-refractivity contribution >= 4 is 6.03 Å². The molecule has 0 aromatic carbocycles. The first kappa shape index (κ1) is 8.33. The maximum Gasteiger partial charge on any atom is 0.312 e. The summed E-state index contributed by atoms with van der Waals surface area (Å²) >= 11 is 0. The first-order chi connectivity index (χ1) is 5.20. The molecule has 0 aromatic rings. The van der Waals surface area contributed by atoms with Gasteiger partial charge in [-0.25, -0.2) is 4.79 Å².